The highest BCUT2D eigenvalue weighted by Crippen LogP contribution is 2.36. The number of aldehydes is 1. The molecule has 0 spiro atoms. The Kier molecular flexibility index (Phi) is 11.2. The van der Waals surface area contributed by atoms with Gasteiger partial charge in [-0.2, -0.15) is 5.10 Å². The molecule has 4 rings (SSSR count). The average molecular weight is 558 g/mol. The number of hydrogen-bond acceptors (Lipinski definition) is 6. The second kappa shape index (κ2) is 14.6. The van der Waals surface area contributed by atoms with Gasteiger partial charge in [0.05, 0.1) is 17.6 Å². The number of benzene rings is 1. The molecule has 3 N–H and O–H groups in total. The highest BCUT2D eigenvalue weighted by molar-refractivity contribution is 5.93. The van der Waals surface area contributed by atoms with Gasteiger partial charge >= 0.3 is 0 Å². The van der Waals surface area contributed by atoms with Crippen LogP contribution in [-0.2, 0) is 24.2 Å². The zero-order chi connectivity index (χ0) is 30.0. The number of hydrogen-bond donors (Lipinski definition) is 3. The molecule has 0 saturated carbocycles. The van der Waals surface area contributed by atoms with Crippen LogP contribution in [-0.4, -0.2) is 45.0 Å². The first-order valence-corrected chi connectivity index (χ1v) is 14.0. The van der Waals surface area contributed by atoms with Crippen molar-refractivity contribution in [1.29, 1.82) is 0 Å². The summed E-state index contributed by atoms with van der Waals surface area (Å²) in [7, 11) is 1.00. The van der Waals surface area contributed by atoms with Gasteiger partial charge in [0.1, 0.15) is 12.0 Å². The highest BCUT2D eigenvalue weighted by Gasteiger charge is 2.28. The number of carbonyl (C=O) groups excluding carboxylic acids is 2. The summed E-state index contributed by atoms with van der Waals surface area (Å²) in [5, 5.41) is 17.9. The van der Waals surface area contributed by atoms with Gasteiger partial charge in [0.25, 0.3) is 5.91 Å². The van der Waals surface area contributed by atoms with E-state index in [1.54, 1.807) is 28.9 Å². The predicted molar refractivity (Wildman–Crippen MR) is 164 cm³/mol. The van der Waals surface area contributed by atoms with Crippen LogP contribution in [0.25, 0.3) is 11.3 Å². The highest BCUT2D eigenvalue weighted by atomic mass is 16.2. The second-order valence-corrected chi connectivity index (χ2v) is 11.3. The lowest BCUT2D eigenvalue weighted by atomic mass is 9.90. The van der Waals surface area contributed by atoms with E-state index in [1.165, 1.54) is 11.1 Å². The molecular formula is C33H43N5O3. The Hall–Kier alpha value is -4.04. The Morgan fingerprint density at radius 2 is 1.95 bits per heavy atom. The Bertz CT molecular complexity index is 1420. The van der Waals surface area contributed by atoms with E-state index in [9.17, 15) is 9.59 Å². The first-order valence-electron chi connectivity index (χ1n) is 14.0. The van der Waals surface area contributed by atoms with Crippen molar-refractivity contribution in [3.8, 4) is 0 Å². The Morgan fingerprint density at radius 3 is 2.68 bits per heavy atom. The maximum absolute atomic E-state index is 13.2. The first-order chi connectivity index (χ1) is 19.7. The molecule has 0 fully saturated rings. The minimum Gasteiger partial charge on any atom is -0.400 e. The molecule has 3 aromatic rings. The van der Waals surface area contributed by atoms with Crippen LogP contribution in [0.5, 0.6) is 0 Å². The lowest BCUT2D eigenvalue weighted by Crippen LogP contribution is -2.29. The summed E-state index contributed by atoms with van der Waals surface area (Å²) in [5.41, 5.74) is 7.46. The number of rotatable bonds is 13. The molecule has 0 radical (unpaired) electrons. The Balaban J connectivity index is 0.00000226. The third kappa shape index (κ3) is 8.47. The molecule has 1 aromatic carbocycles. The molecule has 1 aliphatic carbocycles. The van der Waals surface area contributed by atoms with Gasteiger partial charge in [0, 0.05) is 25.8 Å². The number of amides is 1. The van der Waals surface area contributed by atoms with Gasteiger partial charge in [-0.05, 0) is 79.7 Å². The smallest absolute Gasteiger partial charge is 0.270 e. The molecule has 1 atom stereocenters. The summed E-state index contributed by atoms with van der Waals surface area (Å²) in [6, 6.07) is 10.1. The van der Waals surface area contributed by atoms with Crippen molar-refractivity contribution in [3.05, 3.63) is 95.5 Å². The van der Waals surface area contributed by atoms with Crippen LogP contribution in [0.3, 0.4) is 0 Å². The third-order valence-electron chi connectivity index (χ3n) is 7.27. The topological polar surface area (TPSA) is 109 Å². The van der Waals surface area contributed by atoms with Crippen LogP contribution >= 0.6 is 0 Å². The van der Waals surface area contributed by atoms with E-state index in [0.29, 0.717) is 34.7 Å². The molecular weight excluding hydrogens is 514 g/mol. The van der Waals surface area contributed by atoms with Crippen molar-refractivity contribution in [3.63, 3.8) is 0 Å². The summed E-state index contributed by atoms with van der Waals surface area (Å²) >= 11 is 0. The van der Waals surface area contributed by atoms with Gasteiger partial charge in [0.2, 0.25) is 0 Å². The van der Waals surface area contributed by atoms with Gasteiger partial charge in [-0.3, -0.25) is 9.59 Å². The monoisotopic (exact) mass is 557 g/mol. The molecule has 0 bridgehead atoms. The summed E-state index contributed by atoms with van der Waals surface area (Å²) in [5.74, 6) is -0.242. The summed E-state index contributed by atoms with van der Waals surface area (Å²) in [6.07, 6.45) is 11.6. The molecule has 218 valence electrons. The number of aliphatic hydroxyl groups is 1. The maximum Gasteiger partial charge on any atom is 0.270 e. The largest absolute Gasteiger partial charge is 0.400 e. The quantitative estimate of drug-likeness (QED) is 0.151. The Labute approximate surface area is 243 Å². The van der Waals surface area contributed by atoms with Crippen molar-refractivity contribution in [1.82, 2.24) is 25.2 Å². The molecule has 2 aromatic heterocycles. The van der Waals surface area contributed by atoms with E-state index in [4.69, 9.17) is 5.11 Å². The van der Waals surface area contributed by atoms with E-state index in [2.05, 4.69) is 65.9 Å². The average Bonchev–Trinajstić information content (AvgIpc) is 3.54. The number of nitrogens with zero attached hydrogens (tertiary/aromatic N) is 3. The zero-order valence-corrected chi connectivity index (χ0v) is 24.7. The molecule has 0 saturated heterocycles. The SMILES string of the molecule is C=CCC(CCC/C(C)=C/C=O)NC(=C)c1cc(C(=O)NCc2ccc3c(c2)CC(C)(C)C3)nc2ccnn12.CO. The van der Waals surface area contributed by atoms with Crippen LogP contribution in [0.2, 0.25) is 0 Å². The maximum atomic E-state index is 13.2. The van der Waals surface area contributed by atoms with Gasteiger partial charge in [-0.15, -0.1) is 6.58 Å². The van der Waals surface area contributed by atoms with Gasteiger partial charge in [-0.25, -0.2) is 9.50 Å². The van der Waals surface area contributed by atoms with E-state index in [0.717, 1.165) is 63.1 Å². The normalized spacial score (nSPS) is 14.4. The van der Waals surface area contributed by atoms with Crippen molar-refractivity contribution in [2.24, 2.45) is 5.41 Å². The van der Waals surface area contributed by atoms with Crippen LogP contribution < -0.4 is 10.6 Å². The van der Waals surface area contributed by atoms with Gasteiger partial charge in [-0.1, -0.05) is 50.3 Å². The van der Waals surface area contributed by atoms with Crippen LogP contribution in [0.4, 0.5) is 0 Å². The Morgan fingerprint density at radius 1 is 1.20 bits per heavy atom. The van der Waals surface area contributed by atoms with Gasteiger partial charge < -0.3 is 15.7 Å². The lowest BCUT2D eigenvalue weighted by molar-refractivity contribution is -0.104. The fourth-order valence-corrected chi connectivity index (χ4v) is 5.33. The molecule has 8 heteroatoms. The van der Waals surface area contributed by atoms with E-state index in [1.807, 2.05) is 13.0 Å². The van der Waals surface area contributed by atoms with E-state index >= 15 is 0 Å². The van der Waals surface area contributed by atoms with Crippen molar-refractivity contribution in [2.45, 2.75) is 71.9 Å². The molecule has 2 heterocycles. The number of aliphatic hydroxyl groups excluding tert-OH is 1. The summed E-state index contributed by atoms with van der Waals surface area (Å²) in [6.45, 7) is 15.1. The fraction of sp³-hybridized carbons (Fsp3) is 0.394. The summed E-state index contributed by atoms with van der Waals surface area (Å²) in [4.78, 5) is 28.4. The number of nitrogens with one attached hydrogen (secondary N) is 2. The molecule has 1 amide bonds. The molecule has 8 nitrogen and oxygen atoms in total. The van der Waals surface area contributed by atoms with E-state index in [-0.39, 0.29) is 11.9 Å². The van der Waals surface area contributed by atoms with Crippen LogP contribution in [0.1, 0.15) is 79.3 Å². The predicted octanol–water partition coefficient (Wildman–Crippen LogP) is 5.21. The minimum absolute atomic E-state index is 0.111. The van der Waals surface area contributed by atoms with Crippen LogP contribution in [0.15, 0.2) is 67.4 Å². The molecule has 0 aliphatic heterocycles. The number of aromatic nitrogens is 3. The lowest BCUT2D eigenvalue weighted by Gasteiger charge is -2.21. The molecule has 1 unspecified atom stereocenters. The number of carbonyl (C=O) groups is 2. The van der Waals surface area contributed by atoms with Crippen molar-refractivity contribution in [2.75, 3.05) is 7.11 Å². The fourth-order valence-electron chi connectivity index (χ4n) is 5.33. The standard InChI is InChI=1S/C32H39N5O2.CH4O/c1-6-8-27(10-7-9-22(2)14-16-38)35-23(3)29-18-28(36-30-13-15-34-37(29)30)31(39)33-21-24-11-12-25-19-32(4,5)20-26(25)17-24;1-2/h6,11-18,27,35H,1,3,7-10,19-21H2,2,4-5H3,(H,33,39);2H,1H3/b22-14+;. The van der Waals surface area contributed by atoms with Crippen molar-refractivity contribution < 1.29 is 14.7 Å². The third-order valence-corrected chi connectivity index (χ3v) is 7.27. The number of allylic oxidation sites excluding steroid dienone is 2. The second-order valence-electron chi connectivity index (χ2n) is 11.3. The van der Waals surface area contributed by atoms with Gasteiger partial charge in [0.15, 0.2) is 5.65 Å². The van der Waals surface area contributed by atoms with Crippen molar-refractivity contribution >= 4 is 23.5 Å². The zero-order valence-electron chi connectivity index (χ0n) is 24.7. The summed E-state index contributed by atoms with van der Waals surface area (Å²) < 4.78 is 1.69. The molecule has 41 heavy (non-hydrogen) atoms. The first kappa shape index (κ1) is 31.5. The van der Waals surface area contributed by atoms with Crippen LogP contribution in [0, 0.1) is 5.41 Å². The molecule has 1 aliphatic rings. The number of fused-ring (bicyclic) bond motifs is 2. The van der Waals surface area contributed by atoms with E-state index < -0.39 is 0 Å². The minimum atomic E-state index is -0.242.